The molecule has 2 N–H and O–H groups in total. The predicted octanol–water partition coefficient (Wildman–Crippen LogP) is 3.32. The van der Waals surface area contributed by atoms with E-state index in [1.807, 2.05) is 20.2 Å². The minimum absolute atomic E-state index is 0.0104. The van der Waals surface area contributed by atoms with Crippen LogP contribution < -0.4 is 5.32 Å². The number of carbonyl (C=O) groups is 7. The number of esters is 6. The maximum atomic E-state index is 11.4. The molecule has 0 amide bonds. The number of methoxy groups -OCH3 is 6. The molecule has 0 radical (unpaired) electrons. The van der Waals surface area contributed by atoms with Crippen molar-refractivity contribution in [3.8, 4) is 0 Å². The topological polar surface area (TPSA) is 223 Å². The van der Waals surface area contributed by atoms with E-state index in [9.17, 15) is 38.7 Å². The summed E-state index contributed by atoms with van der Waals surface area (Å²) in [5.41, 5.74) is 0.821. The Labute approximate surface area is 443 Å². The Bertz CT molecular complexity index is 1640. The molecule has 6 aliphatic heterocycles. The zero-order chi connectivity index (χ0) is 55.6. The van der Waals surface area contributed by atoms with Gasteiger partial charge in [-0.2, -0.15) is 0 Å². The summed E-state index contributed by atoms with van der Waals surface area (Å²) in [5.74, 6) is -1.00. The molecule has 6 aliphatic rings. The highest BCUT2D eigenvalue weighted by molar-refractivity contribution is 5.99. The number of nitrogens with zero attached hydrogens (tertiary/aromatic N) is 5. The van der Waals surface area contributed by atoms with Crippen LogP contribution in [0.4, 0.5) is 0 Å². The molecule has 0 aliphatic carbocycles. The minimum atomic E-state index is -0.544. The van der Waals surface area contributed by atoms with E-state index < -0.39 is 12.0 Å². The van der Waals surface area contributed by atoms with Crippen molar-refractivity contribution in [3.05, 3.63) is 11.6 Å². The molecule has 7 unspecified atom stereocenters. The van der Waals surface area contributed by atoms with Crippen LogP contribution >= 0.6 is 0 Å². The smallest absolute Gasteiger partial charge is 0.333 e. The lowest BCUT2D eigenvalue weighted by Gasteiger charge is -2.17. The molecule has 5 saturated heterocycles. The molecule has 6 rings (SSSR count). The highest BCUT2D eigenvalue weighted by Gasteiger charge is 2.32. The molecule has 6 heterocycles. The average molecular weight is 1060 g/mol. The van der Waals surface area contributed by atoms with Gasteiger partial charge in [-0.05, 0) is 177 Å². The van der Waals surface area contributed by atoms with Crippen LogP contribution in [0.3, 0.4) is 0 Å². The Morgan fingerprint density at radius 1 is 0.486 bits per heavy atom. The van der Waals surface area contributed by atoms with Gasteiger partial charge in [-0.1, -0.05) is 13.0 Å². The Kier molecular flexibility index (Phi) is 36.1. The Morgan fingerprint density at radius 3 is 1.57 bits per heavy atom. The summed E-state index contributed by atoms with van der Waals surface area (Å²) in [5, 5.41) is 12.9. The second-order valence-corrected chi connectivity index (χ2v) is 20.4. The molecule has 0 aromatic carbocycles. The van der Waals surface area contributed by atoms with Crippen molar-refractivity contribution in [2.24, 2.45) is 35.5 Å². The van der Waals surface area contributed by atoms with Crippen LogP contribution in [-0.4, -0.2) is 234 Å². The lowest BCUT2D eigenvalue weighted by molar-refractivity contribution is -0.150. The number of ether oxygens (including phenoxy) is 6. The summed E-state index contributed by atoms with van der Waals surface area (Å²) in [7, 11) is 18.7. The van der Waals surface area contributed by atoms with Crippen molar-refractivity contribution >= 4 is 41.6 Å². The van der Waals surface area contributed by atoms with E-state index in [0.717, 1.165) is 148 Å². The van der Waals surface area contributed by atoms with Crippen LogP contribution in [0.1, 0.15) is 96.8 Å². The van der Waals surface area contributed by atoms with Gasteiger partial charge < -0.3 is 63.3 Å². The van der Waals surface area contributed by atoms with Gasteiger partial charge in [0.15, 0.2) is 0 Å². The first-order chi connectivity index (χ1) is 35.3. The zero-order valence-electron chi connectivity index (χ0n) is 47.5. The van der Waals surface area contributed by atoms with E-state index in [4.69, 9.17) is 9.47 Å². The molecular formula is C54H98N6O14. The summed E-state index contributed by atoms with van der Waals surface area (Å²) in [6.45, 7) is 13.5. The van der Waals surface area contributed by atoms with Crippen LogP contribution in [0.2, 0.25) is 0 Å². The molecule has 20 heteroatoms. The number of Topliss-reactive ketones (excluding diaryl/α,β-unsaturated/α-hetero) is 1. The monoisotopic (exact) mass is 1050 g/mol. The van der Waals surface area contributed by atoms with Crippen molar-refractivity contribution in [3.63, 3.8) is 0 Å². The van der Waals surface area contributed by atoms with Gasteiger partial charge in [-0.25, -0.2) is 4.79 Å². The summed E-state index contributed by atoms with van der Waals surface area (Å²) >= 11 is 0. The van der Waals surface area contributed by atoms with Gasteiger partial charge in [-0.3, -0.25) is 28.8 Å². The number of hydrogen-bond donors (Lipinski definition) is 2. The second-order valence-electron chi connectivity index (χ2n) is 20.4. The third-order valence-corrected chi connectivity index (χ3v) is 14.7. The van der Waals surface area contributed by atoms with Crippen LogP contribution in [0.25, 0.3) is 0 Å². The van der Waals surface area contributed by atoms with Crippen LogP contribution in [0.5, 0.6) is 0 Å². The first-order valence-corrected chi connectivity index (χ1v) is 26.8. The highest BCUT2D eigenvalue weighted by atomic mass is 16.5. The molecule has 0 bridgehead atoms. The SMILES string of the molecule is COC(=O)C1=CCCN(C)CC1.COC(=O)C1CCCN(C)CC1.COC(=O)C1CCCNCC1.COC(=O)C1CCN(C)CCC1=O.COC(=O)C1CCN(C)CCC1C.COC(=O)C1CCN(C)CCC1O. The van der Waals surface area contributed by atoms with Gasteiger partial charge in [0.1, 0.15) is 11.7 Å². The molecule has 7 atom stereocenters. The largest absolute Gasteiger partial charge is 0.469 e. The second kappa shape index (κ2) is 39.3. The van der Waals surface area contributed by atoms with Crippen molar-refractivity contribution in [1.29, 1.82) is 0 Å². The fourth-order valence-corrected chi connectivity index (χ4v) is 9.38. The van der Waals surface area contributed by atoms with E-state index in [1.54, 1.807) is 0 Å². The molecule has 20 nitrogen and oxygen atoms in total. The predicted molar refractivity (Wildman–Crippen MR) is 283 cm³/mol. The minimum Gasteiger partial charge on any atom is -0.469 e. The Morgan fingerprint density at radius 2 is 0.959 bits per heavy atom. The lowest BCUT2D eigenvalue weighted by Crippen LogP contribution is -2.28. The van der Waals surface area contributed by atoms with Gasteiger partial charge >= 0.3 is 35.8 Å². The summed E-state index contributed by atoms with van der Waals surface area (Å²) in [6, 6.07) is 0. The van der Waals surface area contributed by atoms with E-state index in [-0.39, 0.29) is 65.3 Å². The number of hydrogen-bond acceptors (Lipinski definition) is 20. The molecule has 0 spiro atoms. The number of rotatable bonds is 6. The normalized spacial score (nSPS) is 26.6. The molecule has 0 aromatic heterocycles. The van der Waals surface area contributed by atoms with Crippen LogP contribution in [-0.2, 0) is 62.0 Å². The lowest BCUT2D eigenvalue weighted by atomic mass is 9.90. The number of aliphatic hydroxyl groups is 1. The molecule has 5 fully saturated rings. The van der Waals surface area contributed by atoms with Crippen molar-refractivity contribution in [2.45, 2.75) is 103 Å². The van der Waals surface area contributed by atoms with E-state index in [2.05, 4.69) is 76.8 Å². The fraction of sp³-hybridized carbons (Fsp3) is 0.833. The maximum absolute atomic E-state index is 11.4. The molecule has 0 aromatic rings. The Hall–Kier alpha value is -4.05. The Balaban J connectivity index is 0.000000444. The van der Waals surface area contributed by atoms with Gasteiger partial charge in [-0.15, -0.1) is 0 Å². The van der Waals surface area contributed by atoms with E-state index >= 15 is 0 Å². The van der Waals surface area contributed by atoms with Crippen molar-refractivity contribution in [1.82, 2.24) is 29.8 Å². The average Bonchev–Trinajstić information content (AvgIpc) is 4.05. The standard InChI is InChI=1S/C10H19NO2.C9H17NO3.C9H15NO3.C9H17NO2.C9H15NO2.C8H15NO2/c1-8-4-6-11(2)7-5-9(8)10(12)13-3;2*1-10-5-3-7(9(12)13-2)8(11)4-6-10;2*1-10-6-3-4-8(5-7-10)9(11)12-2;1-11-8(10)7-3-2-5-9-6-4-7/h8-9H,4-7H2,1-3H3;7-8,11H,3-6H2,1-2H3;7H,3-6H2,1-2H3;8H,3-7H2,1-2H3;4H,3,5-7H2,1-2H3;7,9H,2-6H2,1H3. The number of aliphatic hydroxyl groups excluding tert-OH is 1. The number of likely N-dealkylation sites (tertiary alicyclic amines) is 4. The molecule has 0 saturated carbocycles. The molecule has 74 heavy (non-hydrogen) atoms. The first kappa shape index (κ1) is 68.0. The zero-order valence-corrected chi connectivity index (χ0v) is 47.5. The van der Waals surface area contributed by atoms with Gasteiger partial charge in [0.2, 0.25) is 0 Å². The molecular weight excluding hydrogens is 957 g/mol. The fourth-order valence-electron chi connectivity index (χ4n) is 9.38. The van der Waals surface area contributed by atoms with Gasteiger partial charge in [0, 0.05) is 38.2 Å². The first-order valence-electron chi connectivity index (χ1n) is 26.8. The third-order valence-electron chi connectivity index (χ3n) is 14.7. The van der Waals surface area contributed by atoms with Crippen molar-refractivity contribution in [2.75, 3.05) is 156 Å². The number of ketones is 1. The summed E-state index contributed by atoms with van der Waals surface area (Å²) in [6.07, 6.45) is 13.6. The maximum Gasteiger partial charge on any atom is 0.333 e. The van der Waals surface area contributed by atoms with Crippen LogP contribution in [0, 0.1) is 35.5 Å². The third kappa shape index (κ3) is 27.7. The van der Waals surface area contributed by atoms with E-state index in [1.165, 1.54) is 42.7 Å². The quantitative estimate of drug-likeness (QED) is 0.221. The highest BCUT2D eigenvalue weighted by Crippen LogP contribution is 2.25. The van der Waals surface area contributed by atoms with E-state index in [0.29, 0.717) is 31.6 Å². The summed E-state index contributed by atoms with van der Waals surface area (Å²) < 4.78 is 28.1. The van der Waals surface area contributed by atoms with Crippen molar-refractivity contribution < 1.29 is 67.1 Å². The number of carbonyl (C=O) groups excluding carboxylic acids is 7. The van der Waals surface area contributed by atoms with Gasteiger partial charge in [0.25, 0.3) is 0 Å². The van der Waals surface area contributed by atoms with Crippen LogP contribution in [0.15, 0.2) is 11.6 Å². The van der Waals surface area contributed by atoms with Gasteiger partial charge in [0.05, 0.1) is 72.4 Å². The molecule has 428 valence electrons. The summed E-state index contributed by atoms with van der Waals surface area (Å²) in [4.78, 5) is 89.5. The number of nitrogens with one attached hydrogen (secondary N) is 1.